The van der Waals surface area contributed by atoms with E-state index in [0.717, 1.165) is 11.3 Å². The largest absolute Gasteiger partial charge is 0.372 e. The molecular formula is C28H28N6O2. The van der Waals surface area contributed by atoms with Gasteiger partial charge in [-0.05, 0) is 75.4 Å². The molecule has 4 aromatic rings. The third kappa shape index (κ3) is 4.53. The predicted molar refractivity (Wildman–Crippen MR) is 136 cm³/mol. The van der Waals surface area contributed by atoms with Gasteiger partial charge in [0.15, 0.2) is 0 Å². The molecule has 2 atom stereocenters. The number of amides is 1. The molecule has 3 heterocycles. The van der Waals surface area contributed by atoms with Crippen molar-refractivity contribution in [2.45, 2.75) is 45.2 Å². The van der Waals surface area contributed by atoms with Crippen LogP contribution in [0.5, 0.6) is 0 Å². The molecule has 3 aromatic carbocycles. The smallest absolute Gasteiger partial charge is 0.241 e. The van der Waals surface area contributed by atoms with E-state index in [4.69, 9.17) is 4.74 Å². The Bertz CT molecular complexity index is 1390. The number of ether oxygens (including phenoxy) is 1. The van der Waals surface area contributed by atoms with E-state index in [-0.39, 0.29) is 18.0 Å². The minimum Gasteiger partial charge on any atom is -0.372 e. The van der Waals surface area contributed by atoms with Crippen molar-refractivity contribution in [3.05, 3.63) is 95.3 Å². The summed E-state index contributed by atoms with van der Waals surface area (Å²) < 4.78 is 7.28. The molecule has 36 heavy (non-hydrogen) atoms. The molecule has 0 radical (unpaired) electrons. The van der Waals surface area contributed by atoms with Crippen molar-refractivity contribution in [3.63, 3.8) is 0 Å². The van der Waals surface area contributed by atoms with Crippen LogP contribution in [0.25, 0.3) is 11.1 Å². The molecule has 1 N–H and O–H groups in total. The fraction of sp³-hybridized carbons (Fsp3) is 0.286. The molecular weight excluding hydrogens is 452 g/mol. The second kappa shape index (κ2) is 9.64. The summed E-state index contributed by atoms with van der Waals surface area (Å²) in [6.07, 6.45) is 2.27. The zero-order chi connectivity index (χ0) is 24.5. The van der Waals surface area contributed by atoms with Gasteiger partial charge < -0.3 is 10.1 Å². The summed E-state index contributed by atoms with van der Waals surface area (Å²) in [5, 5.41) is 14.8. The number of hydrogen-bond acceptors (Lipinski definition) is 6. The number of rotatable bonds is 6. The lowest BCUT2D eigenvalue weighted by Gasteiger charge is -2.24. The third-order valence-corrected chi connectivity index (χ3v) is 7.18. The van der Waals surface area contributed by atoms with Gasteiger partial charge in [0.1, 0.15) is 6.33 Å². The van der Waals surface area contributed by atoms with E-state index < -0.39 is 0 Å². The van der Waals surface area contributed by atoms with Crippen LogP contribution >= 0.6 is 0 Å². The first-order valence-corrected chi connectivity index (χ1v) is 12.3. The second-order valence-electron chi connectivity index (χ2n) is 9.61. The number of nitrogens with zero attached hydrogens (tertiary/aromatic N) is 5. The average molecular weight is 481 g/mol. The Morgan fingerprint density at radius 2 is 1.94 bits per heavy atom. The molecule has 1 aromatic heterocycles. The first-order chi connectivity index (χ1) is 17.6. The van der Waals surface area contributed by atoms with Gasteiger partial charge in [-0.15, -0.1) is 5.10 Å². The third-order valence-electron chi connectivity index (χ3n) is 7.18. The van der Waals surface area contributed by atoms with Gasteiger partial charge in [0.2, 0.25) is 5.91 Å². The average Bonchev–Trinajstić information content (AvgIpc) is 3.65. The lowest BCUT2D eigenvalue weighted by atomic mass is 9.99. The van der Waals surface area contributed by atoms with E-state index in [1.54, 1.807) is 11.0 Å². The molecule has 0 bridgehead atoms. The van der Waals surface area contributed by atoms with Gasteiger partial charge in [0, 0.05) is 18.8 Å². The monoisotopic (exact) mass is 480 g/mol. The van der Waals surface area contributed by atoms with Crippen LogP contribution in [0.15, 0.2) is 73.1 Å². The molecule has 1 amide bonds. The summed E-state index contributed by atoms with van der Waals surface area (Å²) >= 11 is 0. The summed E-state index contributed by atoms with van der Waals surface area (Å²) in [5.74, 6) is -0.0144. The van der Waals surface area contributed by atoms with Crippen molar-refractivity contribution in [3.8, 4) is 11.1 Å². The first-order valence-electron chi connectivity index (χ1n) is 12.3. The fourth-order valence-electron chi connectivity index (χ4n) is 5.30. The van der Waals surface area contributed by atoms with Crippen LogP contribution in [-0.2, 0) is 29.3 Å². The summed E-state index contributed by atoms with van der Waals surface area (Å²) in [6, 6.07) is 22.7. The van der Waals surface area contributed by atoms with Crippen LogP contribution < -0.4 is 5.32 Å². The molecule has 8 nitrogen and oxygen atoms in total. The number of fused-ring (bicyclic) bond motifs is 1. The van der Waals surface area contributed by atoms with Gasteiger partial charge in [-0.3, -0.25) is 9.69 Å². The van der Waals surface area contributed by atoms with E-state index >= 15 is 0 Å². The molecule has 2 aliphatic rings. The van der Waals surface area contributed by atoms with E-state index in [1.165, 1.54) is 27.8 Å². The lowest BCUT2D eigenvalue weighted by molar-refractivity contribution is -0.120. The van der Waals surface area contributed by atoms with Crippen LogP contribution in [0, 0.1) is 6.92 Å². The van der Waals surface area contributed by atoms with Crippen molar-refractivity contribution in [1.29, 1.82) is 0 Å². The van der Waals surface area contributed by atoms with Crippen LogP contribution in [0.4, 0.5) is 5.69 Å². The number of hydrogen-bond donors (Lipinski definition) is 1. The van der Waals surface area contributed by atoms with Gasteiger partial charge in [-0.1, -0.05) is 48.5 Å². The Morgan fingerprint density at radius 3 is 2.81 bits per heavy atom. The van der Waals surface area contributed by atoms with Gasteiger partial charge >= 0.3 is 0 Å². The Kier molecular flexibility index (Phi) is 6.04. The Morgan fingerprint density at radius 1 is 1.06 bits per heavy atom. The number of tetrazole rings is 1. The fourth-order valence-corrected chi connectivity index (χ4v) is 5.30. The minimum absolute atomic E-state index is 0.0144. The molecule has 1 fully saturated rings. The summed E-state index contributed by atoms with van der Waals surface area (Å²) in [4.78, 5) is 15.8. The van der Waals surface area contributed by atoms with Crippen LogP contribution in [-0.4, -0.2) is 43.6 Å². The van der Waals surface area contributed by atoms with Crippen LogP contribution in [0.3, 0.4) is 0 Å². The number of likely N-dealkylation sites (tertiary alicyclic amines) is 1. The number of benzene rings is 3. The summed E-state index contributed by atoms with van der Waals surface area (Å²) in [7, 11) is 0. The highest BCUT2D eigenvalue weighted by atomic mass is 16.5. The SMILES string of the molecule is Cc1ccccc1-c1cccc(CN2C[C@H](n3cnnn3)C[C@H]2C(=O)Nc2ccc3c(c2)COC3)c1. The maximum absolute atomic E-state index is 13.5. The number of aromatic nitrogens is 4. The van der Waals surface area contributed by atoms with Gasteiger partial charge in [-0.2, -0.15) is 0 Å². The highest BCUT2D eigenvalue weighted by molar-refractivity contribution is 5.95. The Labute approximate surface area is 209 Å². The zero-order valence-corrected chi connectivity index (χ0v) is 20.2. The Balaban J connectivity index is 1.24. The van der Waals surface area contributed by atoms with Crippen molar-refractivity contribution in [2.24, 2.45) is 0 Å². The van der Waals surface area contributed by atoms with E-state index in [9.17, 15) is 4.79 Å². The number of aryl methyl sites for hydroxylation is 1. The molecule has 2 aliphatic heterocycles. The summed E-state index contributed by atoms with van der Waals surface area (Å²) in [6.45, 7) is 4.71. The molecule has 6 rings (SSSR count). The van der Waals surface area contributed by atoms with E-state index in [1.807, 2.05) is 18.2 Å². The lowest BCUT2D eigenvalue weighted by Crippen LogP contribution is -2.39. The second-order valence-corrected chi connectivity index (χ2v) is 9.61. The summed E-state index contributed by atoms with van der Waals surface area (Å²) in [5.41, 5.74) is 7.94. The first kappa shape index (κ1) is 22.6. The van der Waals surface area contributed by atoms with Crippen LogP contribution in [0.2, 0.25) is 0 Å². The number of carbonyl (C=O) groups is 1. The number of carbonyl (C=O) groups excluding carboxylic acids is 1. The molecule has 0 aliphatic carbocycles. The molecule has 182 valence electrons. The van der Waals surface area contributed by atoms with E-state index in [2.05, 4.69) is 81.2 Å². The Hall–Kier alpha value is -3.88. The van der Waals surface area contributed by atoms with Crippen molar-refractivity contribution >= 4 is 11.6 Å². The van der Waals surface area contributed by atoms with Crippen molar-refractivity contribution < 1.29 is 9.53 Å². The van der Waals surface area contributed by atoms with Gasteiger partial charge in [-0.25, -0.2) is 4.68 Å². The number of anilines is 1. The zero-order valence-electron chi connectivity index (χ0n) is 20.2. The van der Waals surface area contributed by atoms with Crippen LogP contribution in [0.1, 0.15) is 34.7 Å². The maximum atomic E-state index is 13.5. The van der Waals surface area contributed by atoms with Gasteiger partial charge in [0.05, 0.1) is 25.3 Å². The minimum atomic E-state index is -0.300. The molecule has 0 unspecified atom stereocenters. The molecule has 1 saturated heterocycles. The molecule has 0 saturated carbocycles. The van der Waals surface area contributed by atoms with E-state index in [0.29, 0.717) is 32.7 Å². The van der Waals surface area contributed by atoms with Gasteiger partial charge in [0.25, 0.3) is 0 Å². The maximum Gasteiger partial charge on any atom is 0.241 e. The highest BCUT2D eigenvalue weighted by Crippen LogP contribution is 2.31. The number of nitrogens with one attached hydrogen (secondary N) is 1. The predicted octanol–water partition coefficient (Wildman–Crippen LogP) is 4.13. The topological polar surface area (TPSA) is 85.2 Å². The van der Waals surface area contributed by atoms with Crippen molar-refractivity contribution in [2.75, 3.05) is 11.9 Å². The van der Waals surface area contributed by atoms with Crippen molar-refractivity contribution in [1.82, 2.24) is 25.1 Å². The quantitative estimate of drug-likeness (QED) is 0.447. The molecule has 0 spiro atoms. The normalized spacial score (nSPS) is 19.4. The standard InChI is InChI=1S/C28H28N6O2/c1-19-5-2-3-8-26(19)21-7-4-6-20(11-21)14-33-15-25(34-18-29-31-32-34)13-27(33)28(35)30-24-10-9-22-16-36-17-23(22)12-24/h2-12,18,25,27H,13-17H2,1H3,(H,30,35)/t25-,27+/m1/s1. The highest BCUT2D eigenvalue weighted by Gasteiger charge is 2.38. The molecule has 8 heteroatoms.